The first-order chi connectivity index (χ1) is 13.7. The molecule has 0 bridgehead atoms. The number of hydrogen-bond acceptors (Lipinski definition) is 4. The van der Waals surface area contributed by atoms with E-state index in [4.69, 9.17) is 9.97 Å². The van der Waals surface area contributed by atoms with Crippen LogP contribution in [-0.2, 0) is 6.42 Å². The van der Waals surface area contributed by atoms with E-state index in [0.717, 1.165) is 37.9 Å². The van der Waals surface area contributed by atoms with Crippen LogP contribution in [-0.4, -0.2) is 39.9 Å². The second-order valence-electron chi connectivity index (χ2n) is 7.91. The smallest absolute Gasteiger partial charge is 0.137 e. The largest absolute Gasteiger partial charge is 0.320 e. The van der Waals surface area contributed by atoms with Gasteiger partial charge >= 0.3 is 0 Å². The number of pyridine rings is 2. The van der Waals surface area contributed by atoms with Crippen molar-refractivity contribution in [1.29, 1.82) is 0 Å². The molecule has 3 aromatic heterocycles. The van der Waals surface area contributed by atoms with Gasteiger partial charge in [0.15, 0.2) is 0 Å². The summed E-state index contributed by atoms with van der Waals surface area (Å²) >= 11 is 0. The lowest BCUT2D eigenvalue weighted by Gasteiger charge is -2.39. The fourth-order valence-corrected chi connectivity index (χ4v) is 4.65. The van der Waals surface area contributed by atoms with Crippen molar-refractivity contribution < 1.29 is 0 Å². The van der Waals surface area contributed by atoms with Gasteiger partial charge in [0, 0.05) is 18.1 Å². The van der Waals surface area contributed by atoms with Gasteiger partial charge in [-0.3, -0.25) is 9.88 Å². The highest BCUT2D eigenvalue weighted by molar-refractivity contribution is 5.44. The van der Waals surface area contributed by atoms with E-state index in [9.17, 15) is 0 Å². The van der Waals surface area contributed by atoms with Crippen LogP contribution < -0.4 is 5.32 Å². The molecule has 148 valence electrons. The van der Waals surface area contributed by atoms with Crippen LogP contribution in [0.4, 0.5) is 0 Å². The maximum atomic E-state index is 5.10. The summed E-state index contributed by atoms with van der Waals surface area (Å²) < 4.78 is 2.29. The zero-order valence-electron chi connectivity index (χ0n) is 17.2. The summed E-state index contributed by atoms with van der Waals surface area (Å²) in [6, 6.07) is 11.2. The Morgan fingerprint density at radius 2 is 1.93 bits per heavy atom. The summed E-state index contributed by atoms with van der Waals surface area (Å²) in [5, 5.41) is 3.27. The molecule has 4 heterocycles. The molecule has 1 aliphatic rings. The van der Waals surface area contributed by atoms with Crippen molar-refractivity contribution in [2.24, 2.45) is 0 Å². The van der Waals surface area contributed by atoms with Crippen LogP contribution in [0.5, 0.6) is 0 Å². The fourth-order valence-electron chi connectivity index (χ4n) is 4.65. The van der Waals surface area contributed by atoms with Crippen LogP contribution in [0.1, 0.15) is 60.4 Å². The quantitative estimate of drug-likeness (QED) is 0.657. The molecule has 1 N–H and O–H groups in total. The number of fused-ring (bicyclic) bond motifs is 1. The molecular weight excluding hydrogens is 346 g/mol. The van der Waals surface area contributed by atoms with Gasteiger partial charge in [-0.2, -0.15) is 0 Å². The lowest BCUT2D eigenvalue weighted by molar-refractivity contribution is 0.108. The molecule has 1 aliphatic heterocycles. The van der Waals surface area contributed by atoms with Crippen molar-refractivity contribution >= 4 is 5.65 Å². The normalized spacial score (nSPS) is 20.7. The Kier molecular flexibility index (Phi) is 5.74. The van der Waals surface area contributed by atoms with Crippen molar-refractivity contribution in [2.75, 3.05) is 20.6 Å². The number of aryl methyl sites for hydroxylation is 2. The first kappa shape index (κ1) is 19.1. The van der Waals surface area contributed by atoms with E-state index in [0.29, 0.717) is 12.1 Å². The minimum Gasteiger partial charge on any atom is -0.320 e. The second-order valence-corrected chi connectivity index (χ2v) is 7.91. The minimum absolute atomic E-state index is 0.338. The van der Waals surface area contributed by atoms with E-state index in [1.807, 2.05) is 19.3 Å². The highest BCUT2D eigenvalue weighted by Gasteiger charge is 2.34. The van der Waals surface area contributed by atoms with Crippen LogP contribution >= 0.6 is 0 Å². The number of imidazole rings is 1. The minimum atomic E-state index is 0.338. The monoisotopic (exact) mass is 377 g/mol. The van der Waals surface area contributed by atoms with E-state index in [1.165, 1.54) is 29.1 Å². The third-order valence-electron chi connectivity index (χ3n) is 6.12. The maximum absolute atomic E-state index is 5.10. The topological polar surface area (TPSA) is 45.5 Å². The Hall–Kier alpha value is -2.24. The summed E-state index contributed by atoms with van der Waals surface area (Å²) in [4.78, 5) is 12.3. The molecule has 0 saturated carbocycles. The Morgan fingerprint density at radius 3 is 2.71 bits per heavy atom. The van der Waals surface area contributed by atoms with Gasteiger partial charge in [0.25, 0.3) is 0 Å². The van der Waals surface area contributed by atoms with Crippen molar-refractivity contribution in [3.63, 3.8) is 0 Å². The van der Waals surface area contributed by atoms with E-state index in [1.54, 1.807) is 0 Å². The summed E-state index contributed by atoms with van der Waals surface area (Å²) in [6.45, 7) is 3.20. The molecule has 1 saturated heterocycles. The number of rotatable bonds is 6. The summed E-state index contributed by atoms with van der Waals surface area (Å²) in [5.74, 6) is 0. The van der Waals surface area contributed by atoms with Crippen LogP contribution in [0.2, 0.25) is 0 Å². The zero-order chi connectivity index (χ0) is 19.5. The number of nitrogens with one attached hydrogen (secondary N) is 1. The fraction of sp³-hybridized carbons (Fsp3) is 0.478. The van der Waals surface area contributed by atoms with Gasteiger partial charge < -0.3 is 9.72 Å². The first-order valence-electron chi connectivity index (χ1n) is 10.4. The van der Waals surface area contributed by atoms with Crippen molar-refractivity contribution in [3.8, 4) is 0 Å². The highest BCUT2D eigenvalue weighted by Crippen LogP contribution is 2.41. The lowest BCUT2D eigenvalue weighted by atomic mass is 9.90. The van der Waals surface area contributed by atoms with E-state index in [-0.39, 0.29) is 0 Å². The molecular formula is C23H31N5. The summed E-state index contributed by atoms with van der Waals surface area (Å²) in [5.41, 5.74) is 6.17. The molecule has 0 radical (unpaired) electrons. The Morgan fingerprint density at radius 1 is 1.11 bits per heavy atom. The average molecular weight is 378 g/mol. The number of aromatic nitrogens is 3. The van der Waals surface area contributed by atoms with Gasteiger partial charge in [0.1, 0.15) is 5.65 Å². The van der Waals surface area contributed by atoms with Gasteiger partial charge in [0.2, 0.25) is 0 Å². The van der Waals surface area contributed by atoms with Crippen LogP contribution in [0, 0.1) is 6.92 Å². The van der Waals surface area contributed by atoms with E-state index < -0.39 is 0 Å². The van der Waals surface area contributed by atoms with E-state index in [2.05, 4.69) is 59.1 Å². The lowest BCUT2D eigenvalue weighted by Crippen LogP contribution is -2.34. The molecule has 0 aromatic carbocycles. The molecule has 5 nitrogen and oxygen atoms in total. The standard InChI is InChI=1S/C23H31N5/c1-17-9-7-15-25-22(17)18-10-6-11-19(27(18)3)23-20(12-8-14-24-2)28-16-5-4-13-21(28)26-23/h4-5,7,9,13,15-16,18-19,24H,6,8,10-12,14H2,1-3H3. The van der Waals surface area contributed by atoms with Crippen molar-refractivity contribution in [3.05, 3.63) is 65.4 Å². The predicted molar refractivity (Wildman–Crippen MR) is 114 cm³/mol. The zero-order valence-corrected chi connectivity index (χ0v) is 17.2. The maximum Gasteiger partial charge on any atom is 0.137 e. The Bertz CT molecular complexity index is 932. The molecule has 2 unspecified atom stereocenters. The summed E-state index contributed by atoms with van der Waals surface area (Å²) in [6.07, 6.45) is 9.76. The van der Waals surface area contributed by atoms with Crippen molar-refractivity contribution in [2.45, 2.75) is 51.1 Å². The highest BCUT2D eigenvalue weighted by atomic mass is 15.2. The molecule has 0 spiro atoms. The van der Waals surface area contributed by atoms with Gasteiger partial charge in [0.05, 0.1) is 23.5 Å². The van der Waals surface area contributed by atoms with Crippen LogP contribution in [0.25, 0.3) is 5.65 Å². The first-order valence-corrected chi connectivity index (χ1v) is 10.4. The van der Waals surface area contributed by atoms with Gasteiger partial charge in [-0.25, -0.2) is 4.98 Å². The van der Waals surface area contributed by atoms with Crippen LogP contribution in [0.15, 0.2) is 42.7 Å². The summed E-state index contributed by atoms with van der Waals surface area (Å²) in [7, 11) is 4.27. The molecule has 5 heteroatoms. The molecule has 3 aromatic rings. The number of hydrogen-bond donors (Lipinski definition) is 1. The number of likely N-dealkylation sites (tertiary alicyclic amines) is 1. The van der Waals surface area contributed by atoms with E-state index >= 15 is 0 Å². The Balaban J connectivity index is 1.70. The SMILES string of the molecule is CNCCCc1c(C2CCCC(c3ncccc3C)N2C)nc2ccccn12. The van der Waals surface area contributed by atoms with Gasteiger partial charge in [-0.05, 0) is 83.4 Å². The second kappa shape index (κ2) is 8.41. The third-order valence-corrected chi connectivity index (χ3v) is 6.12. The van der Waals surface area contributed by atoms with Gasteiger partial charge in [-0.1, -0.05) is 12.1 Å². The average Bonchev–Trinajstić information content (AvgIpc) is 3.08. The molecule has 0 amide bonds. The third kappa shape index (κ3) is 3.56. The van der Waals surface area contributed by atoms with Gasteiger partial charge in [-0.15, -0.1) is 0 Å². The molecule has 28 heavy (non-hydrogen) atoms. The van der Waals surface area contributed by atoms with Crippen LogP contribution in [0.3, 0.4) is 0 Å². The molecule has 1 fully saturated rings. The molecule has 0 aliphatic carbocycles. The number of nitrogens with zero attached hydrogens (tertiary/aromatic N) is 4. The van der Waals surface area contributed by atoms with Crippen molar-refractivity contribution in [1.82, 2.24) is 24.6 Å². The predicted octanol–water partition coefficient (Wildman–Crippen LogP) is 4.09. The molecule has 4 rings (SSSR count). The Labute approximate surface area is 167 Å². The molecule has 2 atom stereocenters. The number of piperidine rings is 1.